The zero-order valence-electron chi connectivity index (χ0n) is 19.3. The molecule has 4 aliphatic rings. The number of nitrogens with zero attached hydrogens (tertiary/aromatic N) is 4. The van der Waals surface area contributed by atoms with Gasteiger partial charge in [-0.2, -0.15) is 4.39 Å². The number of hydrogen-bond acceptors (Lipinski definition) is 5. The van der Waals surface area contributed by atoms with Crippen LogP contribution in [-0.2, 0) is 17.6 Å². The summed E-state index contributed by atoms with van der Waals surface area (Å²) in [7, 11) is 0. The molecule has 35 heavy (non-hydrogen) atoms. The molecule has 0 aliphatic carbocycles. The number of rotatable bonds is 2. The van der Waals surface area contributed by atoms with E-state index in [0.717, 1.165) is 60.3 Å². The Labute approximate surface area is 202 Å². The molecule has 3 aromatic rings. The van der Waals surface area contributed by atoms with Crippen molar-refractivity contribution in [2.24, 2.45) is 0 Å². The third-order valence-corrected chi connectivity index (χ3v) is 7.41. The molecule has 1 saturated heterocycles. The molecule has 1 aromatic heterocycles. The van der Waals surface area contributed by atoms with Crippen LogP contribution in [0.2, 0.25) is 0 Å². The molecule has 7 rings (SSSR count). The molecule has 1 amide bonds. The van der Waals surface area contributed by atoms with Crippen LogP contribution < -0.4 is 10.2 Å². The predicted octanol–water partition coefficient (Wildman–Crippen LogP) is 3.12. The molecular formula is C27H25FN5O2+. The van der Waals surface area contributed by atoms with E-state index in [0.29, 0.717) is 36.8 Å². The number of amides is 1. The number of halogens is 1. The zero-order chi connectivity index (χ0) is 23.5. The highest BCUT2D eigenvalue weighted by Gasteiger charge is 2.41. The molecule has 0 saturated carbocycles. The van der Waals surface area contributed by atoms with Crippen LogP contribution in [0.5, 0.6) is 0 Å². The van der Waals surface area contributed by atoms with Crippen molar-refractivity contribution in [1.82, 2.24) is 15.3 Å². The van der Waals surface area contributed by atoms with E-state index in [9.17, 15) is 4.79 Å². The average Bonchev–Trinajstić information content (AvgIpc) is 3.66. The molecule has 4 aliphatic heterocycles. The lowest BCUT2D eigenvalue weighted by molar-refractivity contribution is -0.382. The van der Waals surface area contributed by atoms with Crippen LogP contribution in [0.3, 0.4) is 0 Å². The van der Waals surface area contributed by atoms with Crippen LogP contribution in [0.4, 0.5) is 15.9 Å². The summed E-state index contributed by atoms with van der Waals surface area (Å²) in [5, 5.41) is 2.93. The topological polar surface area (TPSA) is 70.4 Å². The zero-order valence-corrected chi connectivity index (χ0v) is 19.3. The summed E-state index contributed by atoms with van der Waals surface area (Å²) < 4.78 is 22.8. The minimum absolute atomic E-state index is 0.0258. The molecule has 176 valence electrons. The standard InChI is InChI=1S/C27H24FN5O2/c28-25-23(16-1-4-19(5-2-16)32-9-11-35-12-10-32)30-24-21-13-18-7-8-29-27(34)22(18)14-17(21)3-6-20-15-33(20)26(24)31-25/h1-2,4-5,13-15,20H,3,6-12H2/p+1. The van der Waals surface area contributed by atoms with Gasteiger partial charge in [-0.1, -0.05) is 12.1 Å². The first-order chi connectivity index (χ1) is 17.2. The Morgan fingerprint density at radius 1 is 1.00 bits per heavy atom. The van der Waals surface area contributed by atoms with Crippen LogP contribution in [0, 0.1) is 5.95 Å². The molecule has 0 bridgehead atoms. The number of nitrogens with one attached hydrogen (secondary N) is 1. The van der Waals surface area contributed by atoms with Crippen LogP contribution in [0.1, 0.15) is 27.9 Å². The Balaban J connectivity index is 1.34. The highest BCUT2D eigenvalue weighted by atomic mass is 19.1. The van der Waals surface area contributed by atoms with Crippen LogP contribution in [0.25, 0.3) is 22.5 Å². The molecule has 1 fully saturated rings. The van der Waals surface area contributed by atoms with E-state index in [-0.39, 0.29) is 17.6 Å². The second-order valence-corrected chi connectivity index (χ2v) is 9.52. The maximum absolute atomic E-state index is 15.4. The lowest BCUT2D eigenvalue weighted by Crippen LogP contribution is -2.36. The van der Waals surface area contributed by atoms with Crippen molar-refractivity contribution in [2.45, 2.75) is 25.3 Å². The normalized spacial score (nSPS) is 20.4. The Kier molecular flexibility index (Phi) is 4.70. The Hall–Kier alpha value is -3.65. The van der Waals surface area contributed by atoms with Gasteiger partial charge < -0.3 is 15.0 Å². The highest BCUT2D eigenvalue weighted by Crippen LogP contribution is 2.40. The molecule has 1 N–H and O–H groups in total. The van der Waals surface area contributed by atoms with Crippen molar-refractivity contribution in [1.29, 1.82) is 0 Å². The largest absolute Gasteiger partial charge is 0.378 e. The second kappa shape index (κ2) is 7.95. The first-order valence-electron chi connectivity index (χ1n) is 12.2. The van der Waals surface area contributed by atoms with Crippen molar-refractivity contribution < 1.29 is 18.5 Å². The van der Waals surface area contributed by atoms with Gasteiger partial charge in [-0.3, -0.25) is 4.79 Å². The third kappa shape index (κ3) is 3.51. The molecule has 8 heteroatoms. The molecule has 1 unspecified atom stereocenters. The number of benzene rings is 2. The third-order valence-electron chi connectivity index (χ3n) is 7.41. The van der Waals surface area contributed by atoms with Crippen LogP contribution >= 0.6 is 0 Å². The van der Waals surface area contributed by atoms with E-state index in [2.05, 4.69) is 27.5 Å². The summed E-state index contributed by atoms with van der Waals surface area (Å²) in [5.41, 5.74) is 6.48. The number of hydrogen-bond donors (Lipinski definition) is 1. The van der Waals surface area contributed by atoms with E-state index in [1.807, 2.05) is 34.9 Å². The molecule has 0 spiro atoms. The van der Waals surface area contributed by atoms with Crippen molar-refractivity contribution in [3.63, 3.8) is 0 Å². The van der Waals surface area contributed by atoms with Crippen molar-refractivity contribution in [3.05, 3.63) is 59.0 Å². The summed E-state index contributed by atoms with van der Waals surface area (Å²) >= 11 is 0. The summed E-state index contributed by atoms with van der Waals surface area (Å²) in [5.74, 6) is -0.0362. The number of carbonyl (C=O) groups excluding carboxylic acids is 1. The summed E-state index contributed by atoms with van der Waals surface area (Å²) in [4.78, 5) is 24.0. The Morgan fingerprint density at radius 3 is 2.60 bits per heavy atom. The molecule has 7 nitrogen and oxygen atoms in total. The Morgan fingerprint density at radius 2 is 1.77 bits per heavy atom. The summed E-state index contributed by atoms with van der Waals surface area (Å²) in [6.45, 7) is 3.74. The average molecular weight is 471 g/mol. The van der Waals surface area contributed by atoms with E-state index >= 15 is 4.39 Å². The highest BCUT2D eigenvalue weighted by molar-refractivity contribution is 5.98. The van der Waals surface area contributed by atoms with Crippen molar-refractivity contribution >= 4 is 23.6 Å². The van der Waals surface area contributed by atoms with Gasteiger partial charge in [-0.05, 0) is 59.6 Å². The lowest BCUT2D eigenvalue weighted by atomic mass is 9.89. The van der Waals surface area contributed by atoms with Gasteiger partial charge in [-0.25, -0.2) is 9.56 Å². The van der Waals surface area contributed by atoms with Gasteiger partial charge in [0.15, 0.2) is 17.4 Å². The van der Waals surface area contributed by atoms with Gasteiger partial charge >= 0.3 is 11.8 Å². The summed E-state index contributed by atoms with van der Waals surface area (Å²) in [6.07, 6.45) is 4.57. The number of aryl methyl sites for hydroxylation is 1. The van der Waals surface area contributed by atoms with Gasteiger partial charge in [-0.15, -0.1) is 0 Å². The number of morpholine rings is 1. The Bertz CT molecular complexity index is 1400. The van der Waals surface area contributed by atoms with Crippen molar-refractivity contribution in [3.8, 4) is 22.5 Å². The van der Waals surface area contributed by atoms with Gasteiger partial charge in [0.05, 0.1) is 13.2 Å². The lowest BCUT2D eigenvalue weighted by Gasteiger charge is -2.28. The first-order valence-corrected chi connectivity index (χ1v) is 12.2. The van der Waals surface area contributed by atoms with Crippen molar-refractivity contribution in [2.75, 3.05) is 37.7 Å². The monoisotopic (exact) mass is 470 g/mol. The quantitative estimate of drug-likeness (QED) is 0.583. The van der Waals surface area contributed by atoms with E-state index in [1.54, 1.807) is 0 Å². The number of carbonyl (C=O) groups is 1. The number of ether oxygens (including phenoxy) is 1. The number of aromatic nitrogens is 2. The minimum Gasteiger partial charge on any atom is -0.378 e. The molecule has 0 radical (unpaired) electrons. The van der Waals surface area contributed by atoms with Gasteiger partial charge in [0.1, 0.15) is 6.21 Å². The van der Waals surface area contributed by atoms with Gasteiger partial charge in [0.2, 0.25) is 0 Å². The predicted molar refractivity (Wildman–Crippen MR) is 130 cm³/mol. The maximum Gasteiger partial charge on any atom is 0.353 e. The van der Waals surface area contributed by atoms with Crippen LogP contribution in [-0.4, -0.2) is 65.6 Å². The van der Waals surface area contributed by atoms with Crippen LogP contribution in [0.15, 0.2) is 36.4 Å². The smallest absolute Gasteiger partial charge is 0.353 e. The van der Waals surface area contributed by atoms with E-state index in [1.165, 1.54) is 0 Å². The number of fused-ring (bicyclic) bond motifs is 6. The molecule has 5 heterocycles. The fourth-order valence-corrected chi connectivity index (χ4v) is 5.44. The molecule has 2 aromatic carbocycles. The first kappa shape index (κ1) is 20.7. The number of anilines is 1. The fourth-order valence-electron chi connectivity index (χ4n) is 5.44. The van der Waals surface area contributed by atoms with Gasteiger partial charge in [0, 0.05) is 42.0 Å². The van der Waals surface area contributed by atoms with E-state index in [4.69, 9.17) is 9.72 Å². The molecular weight excluding hydrogens is 445 g/mol. The fraction of sp³-hybridized carbons (Fsp3) is 0.333. The molecule has 1 atom stereocenters. The second-order valence-electron chi connectivity index (χ2n) is 9.52. The minimum atomic E-state index is -0.568. The van der Waals surface area contributed by atoms with Gasteiger partial charge in [0.25, 0.3) is 5.91 Å². The SMILES string of the molecule is O=C1NCCc2cc3c(cc21)CCC1C=[N+]1c1nc(F)c(-c2ccc(N4CCOCC4)cc2)nc1-3. The maximum atomic E-state index is 15.4. The van der Waals surface area contributed by atoms with E-state index < -0.39 is 5.95 Å². The summed E-state index contributed by atoms with van der Waals surface area (Å²) in [6, 6.07) is 12.1.